The molecule has 0 amide bonds. The number of fused-ring (bicyclic) bond motifs is 1. The number of aromatic nitrogens is 1. The van der Waals surface area contributed by atoms with Crippen molar-refractivity contribution in [1.82, 2.24) is 10.4 Å². The molecule has 0 fully saturated rings. The average Bonchev–Trinajstić information content (AvgIpc) is 2.88. The van der Waals surface area contributed by atoms with Crippen LogP contribution in [0.5, 0.6) is 5.75 Å². The third-order valence-corrected chi connectivity index (χ3v) is 3.23. The highest BCUT2D eigenvalue weighted by atomic mass is 16.5. The minimum Gasteiger partial charge on any atom is -0.493 e. The summed E-state index contributed by atoms with van der Waals surface area (Å²) in [4.78, 5) is 4.13. The zero-order valence-electron chi connectivity index (χ0n) is 9.97. The SMILES string of the molecule is NNC(c1cccnc1)c1ccc2c(c1)CCO2. The molecular weight excluding hydrogens is 226 g/mol. The average molecular weight is 241 g/mol. The van der Waals surface area contributed by atoms with Gasteiger partial charge in [0.05, 0.1) is 12.6 Å². The summed E-state index contributed by atoms with van der Waals surface area (Å²) in [6.07, 6.45) is 4.55. The Hall–Kier alpha value is -1.91. The Bertz CT molecular complexity index is 542. The second kappa shape index (κ2) is 4.76. The second-order valence-corrected chi connectivity index (χ2v) is 4.35. The van der Waals surface area contributed by atoms with E-state index in [4.69, 9.17) is 10.6 Å². The molecule has 1 aromatic heterocycles. The van der Waals surface area contributed by atoms with Crippen LogP contribution in [0, 0.1) is 0 Å². The molecule has 1 aliphatic heterocycles. The number of nitrogens with zero attached hydrogens (tertiary/aromatic N) is 1. The summed E-state index contributed by atoms with van der Waals surface area (Å²) in [5, 5.41) is 0. The van der Waals surface area contributed by atoms with Crippen LogP contribution in [0.2, 0.25) is 0 Å². The number of rotatable bonds is 3. The van der Waals surface area contributed by atoms with Crippen LogP contribution in [0.25, 0.3) is 0 Å². The van der Waals surface area contributed by atoms with Crippen LogP contribution in [0.15, 0.2) is 42.7 Å². The number of nitrogens with two attached hydrogens (primary N) is 1. The van der Waals surface area contributed by atoms with Gasteiger partial charge in [0.1, 0.15) is 5.75 Å². The summed E-state index contributed by atoms with van der Waals surface area (Å²) in [6, 6.07) is 10.1. The number of hydrazine groups is 1. The third-order valence-electron chi connectivity index (χ3n) is 3.23. The number of hydrogen-bond acceptors (Lipinski definition) is 4. The van der Waals surface area contributed by atoms with Gasteiger partial charge < -0.3 is 4.74 Å². The summed E-state index contributed by atoms with van der Waals surface area (Å²) in [5.41, 5.74) is 6.28. The lowest BCUT2D eigenvalue weighted by molar-refractivity contribution is 0.357. The van der Waals surface area contributed by atoms with E-state index in [1.54, 1.807) is 6.20 Å². The topological polar surface area (TPSA) is 60.2 Å². The Morgan fingerprint density at radius 2 is 2.22 bits per heavy atom. The van der Waals surface area contributed by atoms with Crippen LogP contribution < -0.4 is 16.0 Å². The van der Waals surface area contributed by atoms with Crippen molar-refractivity contribution in [2.45, 2.75) is 12.5 Å². The van der Waals surface area contributed by atoms with Gasteiger partial charge in [0, 0.05) is 18.8 Å². The molecule has 3 rings (SSSR count). The molecule has 92 valence electrons. The number of nitrogens with one attached hydrogen (secondary N) is 1. The Balaban J connectivity index is 1.97. The molecule has 0 saturated heterocycles. The van der Waals surface area contributed by atoms with Crippen molar-refractivity contribution in [1.29, 1.82) is 0 Å². The first-order valence-electron chi connectivity index (χ1n) is 6.00. The zero-order chi connectivity index (χ0) is 12.4. The van der Waals surface area contributed by atoms with Gasteiger partial charge >= 0.3 is 0 Å². The molecule has 2 aromatic rings. The lowest BCUT2D eigenvalue weighted by atomic mass is 9.98. The molecular formula is C14H15N3O. The molecule has 2 heterocycles. The quantitative estimate of drug-likeness (QED) is 0.632. The predicted molar refractivity (Wildman–Crippen MR) is 69.0 cm³/mol. The Kier molecular flexibility index (Phi) is 2.96. The number of benzene rings is 1. The van der Waals surface area contributed by atoms with Gasteiger partial charge in [-0.1, -0.05) is 18.2 Å². The summed E-state index contributed by atoms with van der Waals surface area (Å²) in [6.45, 7) is 0.770. The van der Waals surface area contributed by atoms with Crippen molar-refractivity contribution in [3.63, 3.8) is 0 Å². The second-order valence-electron chi connectivity index (χ2n) is 4.35. The fourth-order valence-corrected chi connectivity index (χ4v) is 2.32. The van der Waals surface area contributed by atoms with Gasteiger partial charge in [-0.05, 0) is 28.8 Å². The van der Waals surface area contributed by atoms with Crippen molar-refractivity contribution in [2.24, 2.45) is 5.84 Å². The van der Waals surface area contributed by atoms with E-state index in [-0.39, 0.29) is 6.04 Å². The van der Waals surface area contributed by atoms with E-state index in [2.05, 4.69) is 16.5 Å². The Morgan fingerprint density at radius 3 is 3.00 bits per heavy atom. The first-order chi connectivity index (χ1) is 8.88. The smallest absolute Gasteiger partial charge is 0.122 e. The third kappa shape index (κ3) is 1.96. The molecule has 0 bridgehead atoms. The maximum atomic E-state index is 5.67. The summed E-state index contributed by atoms with van der Waals surface area (Å²) in [7, 11) is 0. The van der Waals surface area contributed by atoms with Crippen molar-refractivity contribution >= 4 is 0 Å². The van der Waals surface area contributed by atoms with Gasteiger partial charge in [-0.15, -0.1) is 0 Å². The van der Waals surface area contributed by atoms with Crippen LogP contribution in [-0.4, -0.2) is 11.6 Å². The largest absolute Gasteiger partial charge is 0.493 e. The lowest BCUT2D eigenvalue weighted by Crippen LogP contribution is -2.28. The van der Waals surface area contributed by atoms with E-state index >= 15 is 0 Å². The fraction of sp³-hybridized carbons (Fsp3) is 0.214. The van der Waals surface area contributed by atoms with E-state index in [9.17, 15) is 0 Å². The van der Waals surface area contributed by atoms with Crippen LogP contribution >= 0.6 is 0 Å². The normalized spacial score (nSPS) is 14.9. The summed E-state index contributed by atoms with van der Waals surface area (Å²) >= 11 is 0. The Morgan fingerprint density at radius 1 is 1.28 bits per heavy atom. The van der Waals surface area contributed by atoms with Gasteiger partial charge in [-0.2, -0.15) is 0 Å². The summed E-state index contributed by atoms with van der Waals surface area (Å²) < 4.78 is 5.51. The molecule has 1 unspecified atom stereocenters. The maximum Gasteiger partial charge on any atom is 0.122 e. The van der Waals surface area contributed by atoms with Gasteiger partial charge in [-0.25, -0.2) is 5.43 Å². The van der Waals surface area contributed by atoms with Crippen molar-refractivity contribution in [3.8, 4) is 5.75 Å². The molecule has 4 heteroatoms. The van der Waals surface area contributed by atoms with E-state index in [0.717, 1.165) is 29.9 Å². The van der Waals surface area contributed by atoms with E-state index in [0.29, 0.717) is 0 Å². The molecule has 18 heavy (non-hydrogen) atoms. The van der Waals surface area contributed by atoms with Crippen molar-refractivity contribution in [3.05, 3.63) is 59.4 Å². The molecule has 0 saturated carbocycles. The first kappa shape index (κ1) is 11.2. The van der Waals surface area contributed by atoms with Crippen LogP contribution in [0.3, 0.4) is 0 Å². The standard InChI is InChI=1S/C14H15N3O/c15-17-14(12-2-1-6-16-9-12)11-3-4-13-10(8-11)5-7-18-13/h1-4,6,8-9,14,17H,5,7,15H2. The maximum absolute atomic E-state index is 5.67. The highest BCUT2D eigenvalue weighted by Gasteiger charge is 2.17. The molecule has 0 spiro atoms. The van der Waals surface area contributed by atoms with E-state index in [1.165, 1.54) is 5.56 Å². The zero-order valence-corrected chi connectivity index (χ0v) is 9.97. The van der Waals surface area contributed by atoms with Crippen LogP contribution in [-0.2, 0) is 6.42 Å². The monoisotopic (exact) mass is 241 g/mol. The fourth-order valence-electron chi connectivity index (χ4n) is 2.32. The van der Waals surface area contributed by atoms with Crippen molar-refractivity contribution < 1.29 is 4.74 Å². The van der Waals surface area contributed by atoms with E-state index in [1.807, 2.05) is 30.5 Å². The van der Waals surface area contributed by atoms with Crippen LogP contribution in [0.1, 0.15) is 22.7 Å². The molecule has 0 radical (unpaired) electrons. The minimum absolute atomic E-state index is 0.0374. The Labute approximate surface area is 106 Å². The minimum atomic E-state index is -0.0374. The van der Waals surface area contributed by atoms with Gasteiger partial charge in [0.15, 0.2) is 0 Å². The van der Waals surface area contributed by atoms with E-state index < -0.39 is 0 Å². The molecule has 1 aromatic carbocycles. The molecule has 0 aliphatic carbocycles. The molecule has 4 nitrogen and oxygen atoms in total. The van der Waals surface area contributed by atoms with Crippen molar-refractivity contribution in [2.75, 3.05) is 6.61 Å². The van der Waals surface area contributed by atoms with Crippen LogP contribution in [0.4, 0.5) is 0 Å². The number of ether oxygens (including phenoxy) is 1. The molecule has 3 N–H and O–H groups in total. The lowest BCUT2D eigenvalue weighted by Gasteiger charge is -2.17. The predicted octanol–water partition coefficient (Wildman–Crippen LogP) is 1.57. The highest BCUT2D eigenvalue weighted by Crippen LogP contribution is 2.29. The first-order valence-corrected chi connectivity index (χ1v) is 6.00. The van der Waals surface area contributed by atoms with Gasteiger partial charge in [0.25, 0.3) is 0 Å². The molecule has 1 aliphatic rings. The van der Waals surface area contributed by atoms with Gasteiger partial charge in [0.2, 0.25) is 0 Å². The summed E-state index contributed by atoms with van der Waals surface area (Å²) in [5.74, 6) is 6.66. The number of pyridine rings is 1. The highest BCUT2D eigenvalue weighted by molar-refractivity contribution is 5.42. The number of hydrogen-bond donors (Lipinski definition) is 2. The molecule has 1 atom stereocenters. The van der Waals surface area contributed by atoms with Gasteiger partial charge in [-0.3, -0.25) is 10.8 Å².